The number of nitriles is 1. The van der Waals surface area contributed by atoms with Crippen LogP contribution in [0.15, 0.2) is 30.0 Å². The third-order valence-corrected chi connectivity index (χ3v) is 9.17. The molecule has 4 rings (SSSR count). The number of amides is 4. The van der Waals surface area contributed by atoms with Crippen molar-refractivity contribution in [1.82, 2.24) is 20.9 Å². The van der Waals surface area contributed by atoms with Crippen LogP contribution >= 0.6 is 0 Å². The summed E-state index contributed by atoms with van der Waals surface area (Å²) in [6, 6.07) is 4.44. The van der Waals surface area contributed by atoms with Gasteiger partial charge >= 0.3 is 12.1 Å². The van der Waals surface area contributed by atoms with Crippen molar-refractivity contribution in [1.29, 1.82) is 5.26 Å². The quantitative estimate of drug-likeness (QED) is 0.321. The Labute approximate surface area is 259 Å². The van der Waals surface area contributed by atoms with E-state index in [1.165, 1.54) is 4.90 Å². The number of nitrogens with one attached hydrogen (secondary N) is 4. The Morgan fingerprint density at radius 1 is 1.11 bits per heavy atom. The van der Waals surface area contributed by atoms with Crippen molar-refractivity contribution in [2.75, 3.05) is 11.9 Å². The Morgan fingerprint density at radius 3 is 2.33 bits per heavy atom. The molecule has 0 bridgehead atoms. The van der Waals surface area contributed by atoms with Crippen LogP contribution in [0.2, 0.25) is 0 Å². The highest BCUT2D eigenvalue weighted by atomic mass is 19.4. The van der Waals surface area contributed by atoms with Crippen molar-refractivity contribution in [2.24, 2.45) is 22.7 Å². The van der Waals surface area contributed by atoms with Gasteiger partial charge < -0.3 is 26.2 Å². The molecule has 1 unspecified atom stereocenters. The topological polar surface area (TPSA) is 160 Å². The van der Waals surface area contributed by atoms with Gasteiger partial charge in [-0.2, -0.15) is 18.4 Å². The number of alkyl halides is 3. The molecule has 0 radical (unpaired) electrons. The number of allylic oxidation sites excluding steroid dienone is 1. The number of rotatable bonds is 8. The molecule has 11 nitrogen and oxygen atoms in total. The Hall–Kier alpha value is -4.37. The van der Waals surface area contributed by atoms with Gasteiger partial charge in [0.1, 0.15) is 35.8 Å². The standard InChI is InChI=1S/C31H37F3N6O5/c1-15(36-28(45)31(32,33)34)25(42)39-24(29(2,3)4)27(44)40-13-19-22(30(19,5)6)23(40)26(43)37-16(12-35)11-18-17-9-7-8-10-20(17)38-21(18)14-41/h7-10,15-16,18-19,22-24,38H,11,13H2,1-6H3,(H,36,45)(H,37,43)(H,39,42)/t15-,16-,18?,19-,22-,23-,24+/m0/s1. The third kappa shape index (κ3) is 6.54. The molecule has 0 aromatic heterocycles. The number of nitrogens with zero attached hydrogens (tertiary/aromatic N) is 2. The van der Waals surface area contributed by atoms with Gasteiger partial charge in [0.15, 0.2) is 0 Å². The van der Waals surface area contributed by atoms with Gasteiger partial charge in [-0.25, -0.2) is 4.79 Å². The number of fused-ring (bicyclic) bond motifs is 2. The van der Waals surface area contributed by atoms with Gasteiger partial charge in [0.2, 0.25) is 17.7 Å². The summed E-state index contributed by atoms with van der Waals surface area (Å²) in [7, 11) is 0. The first-order valence-electron chi connectivity index (χ1n) is 14.6. The zero-order valence-electron chi connectivity index (χ0n) is 25.8. The normalized spacial score (nSPS) is 24.9. The summed E-state index contributed by atoms with van der Waals surface area (Å²) in [6.45, 7) is 10.2. The molecule has 1 aromatic carbocycles. The molecule has 1 saturated heterocycles. The van der Waals surface area contributed by atoms with Crippen molar-refractivity contribution in [3.63, 3.8) is 0 Å². The van der Waals surface area contributed by atoms with Crippen molar-refractivity contribution >= 4 is 35.3 Å². The lowest BCUT2D eigenvalue weighted by atomic mass is 9.85. The van der Waals surface area contributed by atoms with Crippen molar-refractivity contribution in [3.8, 4) is 6.07 Å². The van der Waals surface area contributed by atoms with E-state index in [1.54, 1.807) is 44.3 Å². The van der Waals surface area contributed by atoms with Crippen LogP contribution in [0.4, 0.5) is 18.9 Å². The number of hydrogen-bond donors (Lipinski definition) is 4. The molecule has 1 saturated carbocycles. The van der Waals surface area contributed by atoms with Gasteiger partial charge in [0.25, 0.3) is 0 Å². The van der Waals surface area contributed by atoms with Crippen LogP contribution in [-0.2, 0) is 24.0 Å². The number of anilines is 1. The summed E-state index contributed by atoms with van der Waals surface area (Å²) >= 11 is 0. The fourth-order valence-corrected chi connectivity index (χ4v) is 6.52. The fraction of sp³-hybridized carbons (Fsp3) is 0.581. The summed E-state index contributed by atoms with van der Waals surface area (Å²) in [5.74, 6) is -3.35. The molecular formula is C31H37F3N6O5. The lowest BCUT2D eigenvalue weighted by Gasteiger charge is -2.38. The largest absolute Gasteiger partial charge is 0.471 e. The maximum absolute atomic E-state index is 14.0. The van der Waals surface area contributed by atoms with Gasteiger partial charge in [0, 0.05) is 18.2 Å². The zero-order chi connectivity index (χ0) is 33.6. The van der Waals surface area contributed by atoms with Crippen LogP contribution < -0.4 is 21.3 Å². The van der Waals surface area contributed by atoms with Gasteiger partial charge in [-0.1, -0.05) is 52.8 Å². The highest BCUT2D eigenvalue weighted by Gasteiger charge is 2.69. The molecule has 7 atom stereocenters. The van der Waals surface area contributed by atoms with Crippen LogP contribution in [0.5, 0.6) is 0 Å². The summed E-state index contributed by atoms with van der Waals surface area (Å²) in [6.07, 6.45) is -5.11. The highest BCUT2D eigenvalue weighted by molar-refractivity contribution is 5.96. The van der Waals surface area contributed by atoms with Crippen LogP contribution in [0, 0.1) is 34.0 Å². The maximum Gasteiger partial charge on any atom is 0.471 e. The number of benzene rings is 1. The average molecular weight is 631 g/mol. The lowest BCUT2D eigenvalue weighted by molar-refractivity contribution is -0.174. The fourth-order valence-electron chi connectivity index (χ4n) is 6.52. The third-order valence-electron chi connectivity index (χ3n) is 9.17. The number of carbonyl (C=O) groups excluding carboxylic acids is 5. The van der Waals surface area contributed by atoms with E-state index >= 15 is 0 Å². The molecule has 2 aliphatic heterocycles. The van der Waals surface area contributed by atoms with Gasteiger partial charge in [-0.15, -0.1) is 0 Å². The molecular weight excluding hydrogens is 593 g/mol. The van der Waals surface area contributed by atoms with Gasteiger partial charge in [-0.05, 0) is 47.6 Å². The summed E-state index contributed by atoms with van der Waals surface area (Å²) < 4.78 is 38.2. The Bertz CT molecular complexity index is 1490. The predicted octanol–water partition coefficient (Wildman–Crippen LogP) is 2.39. The van der Waals surface area contributed by atoms with Crippen LogP contribution in [0.25, 0.3) is 0 Å². The van der Waals surface area contributed by atoms with Crippen LogP contribution in [0.1, 0.15) is 59.4 Å². The SMILES string of the molecule is C[C@H](NC(=O)C(F)(F)F)C(=O)N[C@H](C(=O)N1C[C@H]2[C@@H]([C@H]1C(=O)N[C@H](C#N)CC1C(=C=O)Nc3ccccc31)C2(C)C)C(C)(C)C. The molecule has 45 heavy (non-hydrogen) atoms. The first-order valence-corrected chi connectivity index (χ1v) is 14.6. The number of likely N-dealkylation sites (tertiary alicyclic amines) is 1. The summed E-state index contributed by atoms with van der Waals surface area (Å²) in [5.41, 5.74) is 0.535. The monoisotopic (exact) mass is 630 g/mol. The molecule has 0 spiro atoms. The number of hydrogen-bond acceptors (Lipinski definition) is 7. The second-order valence-corrected chi connectivity index (χ2v) is 13.6. The highest BCUT2D eigenvalue weighted by Crippen LogP contribution is 2.65. The molecule has 4 N–H and O–H groups in total. The molecule has 1 aromatic rings. The molecule has 242 valence electrons. The summed E-state index contributed by atoms with van der Waals surface area (Å²) in [5, 5.41) is 19.8. The van der Waals surface area contributed by atoms with Gasteiger partial charge in [-0.3, -0.25) is 19.2 Å². The minimum Gasteiger partial charge on any atom is -0.349 e. The molecule has 2 fully saturated rings. The lowest BCUT2D eigenvalue weighted by Crippen LogP contribution is -2.61. The van der Waals surface area contributed by atoms with Crippen molar-refractivity contribution in [2.45, 2.75) is 84.2 Å². The number of piperidine rings is 1. The Balaban J connectivity index is 1.53. The second kappa shape index (κ2) is 11.9. The van der Waals surface area contributed by atoms with E-state index in [4.69, 9.17) is 0 Å². The summed E-state index contributed by atoms with van der Waals surface area (Å²) in [4.78, 5) is 65.1. The van der Waals surface area contributed by atoms with Crippen LogP contribution in [0.3, 0.4) is 0 Å². The number of para-hydroxylation sites is 1. The van der Waals surface area contributed by atoms with Crippen molar-refractivity contribution in [3.05, 3.63) is 35.5 Å². The predicted molar refractivity (Wildman–Crippen MR) is 155 cm³/mol. The van der Waals surface area contributed by atoms with E-state index in [-0.39, 0.29) is 35.9 Å². The number of halogens is 3. The van der Waals surface area contributed by atoms with Gasteiger partial charge in [0.05, 0.1) is 6.07 Å². The van der Waals surface area contributed by atoms with E-state index in [0.29, 0.717) is 5.69 Å². The molecule has 1 aliphatic carbocycles. The zero-order valence-corrected chi connectivity index (χ0v) is 25.8. The van der Waals surface area contributed by atoms with Crippen molar-refractivity contribution < 1.29 is 37.1 Å². The Kier molecular flexibility index (Phi) is 8.83. The minimum atomic E-state index is -5.19. The Morgan fingerprint density at radius 2 is 1.76 bits per heavy atom. The van der Waals surface area contributed by atoms with E-state index in [9.17, 15) is 42.4 Å². The van der Waals surface area contributed by atoms with Crippen LogP contribution in [-0.4, -0.2) is 71.4 Å². The first kappa shape index (κ1) is 33.5. The number of carbonyl (C=O) groups is 4. The molecule has 2 heterocycles. The molecule has 3 aliphatic rings. The van der Waals surface area contributed by atoms with E-state index in [2.05, 4.69) is 22.0 Å². The molecule has 4 amide bonds. The molecule has 14 heteroatoms. The maximum atomic E-state index is 14.0. The smallest absolute Gasteiger partial charge is 0.349 e. The average Bonchev–Trinajstić information content (AvgIpc) is 3.28. The van der Waals surface area contributed by atoms with E-state index < -0.39 is 65.3 Å². The first-order chi connectivity index (χ1) is 20.8. The van der Waals surface area contributed by atoms with E-state index in [0.717, 1.165) is 12.5 Å². The second-order valence-electron chi connectivity index (χ2n) is 13.6. The minimum absolute atomic E-state index is 0.0328. The van der Waals surface area contributed by atoms with E-state index in [1.807, 2.05) is 25.9 Å².